The van der Waals surface area contributed by atoms with Gasteiger partial charge >= 0.3 is 6.03 Å². The van der Waals surface area contributed by atoms with Crippen LogP contribution in [0.5, 0.6) is 0 Å². The molecule has 0 spiro atoms. The minimum Gasteiger partial charge on any atom is -0.370 e. The molecule has 0 unspecified atom stereocenters. The lowest BCUT2D eigenvalue weighted by atomic mass is 9.92. The monoisotopic (exact) mass is 301 g/mol. The number of nitrogens with zero attached hydrogens (tertiary/aromatic N) is 2. The lowest BCUT2D eigenvalue weighted by Crippen LogP contribution is -2.43. The van der Waals surface area contributed by atoms with E-state index in [4.69, 9.17) is 0 Å². The van der Waals surface area contributed by atoms with Crippen molar-refractivity contribution < 1.29 is 4.79 Å². The van der Waals surface area contributed by atoms with Crippen LogP contribution in [0.1, 0.15) is 44.9 Å². The van der Waals surface area contributed by atoms with Crippen LogP contribution in [0.3, 0.4) is 0 Å². The Labute approximate surface area is 133 Å². The maximum atomic E-state index is 12.4. The highest BCUT2D eigenvalue weighted by Gasteiger charge is 2.26. The van der Waals surface area contributed by atoms with Crippen molar-refractivity contribution in [2.24, 2.45) is 0 Å². The van der Waals surface area contributed by atoms with E-state index < -0.39 is 0 Å². The molecular weight excluding hydrogens is 274 g/mol. The zero-order valence-electron chi connectivity index (χ0n) is 13.6. The average Bonchev–Trinajstić information content (AvgIpc) is 2.75. The minimum absolute atomic E-state index is 0.0203. The smallest absolute Gasteiger partial charge is 0.321 e. The summed E-state index contributed by atoms with van der Waals surface area (Å²) in [6.07, 6.45) is 8.63. The molecule has 2 aliphatic rings. The van der Waals surface area contributed by atoms with E-state index in [0.29, 0.717) is 6.04 Å². The van der Waals surface area contributed by atoms with Gasteiger partial charge in [-0.25, -0.2) is 4.79 Å². The van der Waals surface area contributed by atoms with Crippen LogP contribution >= 0.6 is 0 Å². The lowest BCUT2D eigenvalue weighted by Gasteiger charge is -2.35. The Hall–Kier alpha value is -1.71. The second-order valence-corrected chi connectivity index (χ2v) is 6.54. The molecule has 0 aromatic heterocycles. The van der Waals surface area contributed by atoms with Crippen molar-refractivity contribution in [3.63, 3.8) is 0 Å². The second-order valence-electron chi connectivity index (χ2n) is 6.54. The SMILES string of the molecule is CN(C(=O)Nc1ccccc1N1CCCCCC1)C1CCC1. The van der Waals surface area contributed by atoms with Gasteiger partial charge in [-0.05, 0) is 44.2 Å². The number of rotatable bonds is 3. The van der Waals surface area contributed by atoms with Crippen LogP contribution in [0.2, 0.25) is 0 Å². The molecule has 4 nitrogen and oxygen atoms in total. The van der Waals surface area contributed by atoms with Gasteiger partial charge in [0.1, 0.15) is 0 Å². The molecule has 3 rings (SSSR count). The van der Waals surface area contributed by atoms with Gasteiger partial charge in [0.15, 0.2) is 0 Å². The largest absolute Gasteiger partial charge is 0.370 e. The van der Waals surface area contributed by atoms with Crippen molar-refractivity contribution in [2.45, 2.75) is 51.0 Å². The molecule has 2 fully saturated rings. The van der Waals surface area contributed by atoms with Crippen LogP contribution in [0.25, 0.3) is 0 Å². The molecule has 1 N–H and O–H groups in total. The zero-order chi connectivity index (χ0) is 15.4. The highest BCUT2D eigenvalue weighted by atomic mass is 16.2. The van der Waals surface area contributed by atoms with E-state index >= 15 is 0 Å². The molecule has 0 bridgehead atoms. The number of carbonyl (C=O) groups is 1. The van der Waals surface area contributed by atoms with Crippen molar-refractivity contribution >= 4 is 17.4 Å². The maximum absolute atomic E-state index is 12.4. The van der Waals surface area contributed by atoms with Crippen LogP contribution in [-0.4, -0.2) is 37.1 Å². The summed E-state index contributed by atoms with van der Waals surface area (Å²) in [5.41, 5.74) is 2.11. The maximum Gasteiger partial charge on any atom is 0.321 e. The minimum atomic E-state index is 0.0203. The topological polar surface area (TPSA) is 35.6 Å². The van der Waals surface area contributed by atoms with Gasteiger partial charge in [0, 0.05) is 26.2 Å². The van der Waals surface area contributed by atoms with Crippen LogP contribution in [0.4, 0.5) is 16.2 Å². The van der Waals surface area contributed by atoms with Crippen molar-refractivity contribution in [1.82, 2.24) is 4.90 Å². The number of urea groups is 1. The number of nitrogens with one attached hydrogen (secondary N) is 1. The Balaban J connectivity index is 1.71. The number of hydrogen-bond donors (Lipinski definition) is 1. The van der Waals surface area contributed by atoms with Crippen molar-refractivity contribution in [2.75, 3.05) is 30.4 Å². The van der Waals surface area contributed by atoms with E-state index in [1.165, 1.54) is 37.8 Å². The number of amides is 2. The fourth-order valence-corrected chi connectivity index (χ4v) is 3.31. The summed E-state index contributed by atoms with van der Waals surface area (Å²) in [4.78, 5) is 16.7. The summed E-state index contributed by atoms with van der Waals surface area (Å²) in [5.74, 6) is 0. The first kappa shape index (κ1) is 15.2. The lowest BCUT2D eigenvalue weighted by molar-refractivity contribution is 0.169. The van der Waals surface area contributed by atoms with Crippen LogP contribution in [-0.2, 0) is 0 Å². The van der Waals surface area contributed by atoms with E-state index in [-0.39, 0.29) is 6.03 Å². The first-order chi connectivity index (χ1) is 10.8. The third kappa shape index (κ3) is 3.37. The van der Waals surface area contributed by atoms with Gasteiger partial charge in [-0.15, -0.1) is 0 Å². The molecule has 1 aliphatic carbocycles. The van der Waals surface area contributed by atoms with Gasteiger partial charge in [-0.3, -0.25) is 0 Å². The first-order valence-electron chi connectivity index (χ1n) is 8.63. The van der Waals surface area contributed by atoms with Crippen LogP contribution < -0.4 is 10.2 Å². The Bertz CT molecular complexity index is 505. The number of anilines is 2. The summed E-state index contributed by atoms with van der Waals surface area (Å²) in [6.45, 7) is 2.18. The van der Waals surface area contributed by atoms with E-state index in [1.807, 2.05) is 24.1 Å². The quantitative estimate of drug-likeness (QED) is 0.913. The van der Waals surface area contributed by atoms with Gasteiger partial charge in [0.2, 0.25) is 0 Å². The average molecular weight is 301 g/mol. The van der Waals surface area contributed by atoms with Crippen molar-refractivity contribution in [3.05, 3.63) is 24.3 Å². The third-order valence-electron chi connectivity index (χ3n) is 5.04. The molecule has 1 aromatic carbocycles. The van der Waals surface area contributed by atoms with Gasteiger partial charge in [-0.1, -0.05) is 25.0 Å². The Morgan fingerprint density at radius 2 is 1.77 bits per heavy atom. The fraction of sp³-hybridized carbons (Fsp3) is 0.611. The molecule has 0 atom stereocenters. The van der Waals surface area contributed by atoms with Crippen molar-refractivity contribution in [1.29, 1.82) is 0 Å². The highest BCUT2D eigenvalue weighted by Crippen LogP contribution is 2.29. The summed E-state index contributed by atoms with van der Waals surface area (Å²) in [7, 11) is 1.91. The molecule has 1 heterocycles. The molecule has 1 saturated heterocycles. The van der Waals surface area contributed by atoms with E-state index in [2.05, 4.69) is 22.3 Å². The van der Waals surface area contributed by atoms with Gasteiger partial charge < -0.3 is 15.1 Å². The molecule has 1 aliphatic heterocycles. The van der Waals surface area contributed by atoms with Crippen LogP contribution in [0.15, 0.2) is 24.3 Å². The predicted octanol–water partition coefficient (Wildman–Crippen LogP) is 4.08. The van der Waals surface area contributed by atoms with E-state index in [1.54, 1.807) is 0 Å². The van der Waals surface area contributed by atoms with E-state index in [9.17, 15) is 4.79 Å². The number of hydrogen-bond acceptors (Lipinski definition) is 2. The second kappa shape index (κ2) is 7.03. The summed E-state index contributed by atoms with van der Waals surface area (Å²) < 4.78 is 0. The van der Waals surface area contributed by atoms with Crippen LogP contribution in [0, 0.1) is 0 Å². The van der Waals surface area contributed by atoms with Gasteiger partial charge in [-0.2, -0.15) is 0 Å². The molecule has 1 aromatic rings. The highest BCUT2D eigenvalue weighted by molar-refractivity contribution is 5.93. The number of benzene rings is 1. The van der Waals surface area contributed by atoms with Gasteiger partial charge in [0.05, 0.1) is 11.4 Å². The molecule has 0 radical (unpaired) electrons. The summed E-state index contributed by atoms with van der Waals surface area (Å²) >= 11 is 0. The molecule has 4 heteroatoms. The van der Waals surface area contributed by atoms with Gasteiger partial charge in [0.25, 0.3) is 0 Å². The first-order valence-corrected chi connectivity index (χ1v) is 8.63. The molecule has 22 heavy (non-hydrogen) atoms. The fourth-order valence-electron chi connectivity index (χ4n) is 3.31. The molecule has 2 amide bonds. The standard InChI is InChI=1S/C18H27N3O/c1-20(15-9-8-10-15)18(22)19-16-11-4-5-12-17(16)21-13-6-2-3-7-14-21/h4-5,11-12,15H,2-3,6-10,13-14H2,1H3,(H,19,22). The Morgan fingerprint density at radius 3 is 2.41 bits per heavy atom. The summed E-state index contributed by atoms with van der Waals surface area (Å²) in [6, 6.07) is 8.65. The number of carbonyl (C=O) groups excluding carboxylic acids is 1. The summed E-state index contributed by atoms with van der Waals surface area (Å²) in [5, 5.41) is 3.12. The van der Waals surface area contributed by atoms with E-state index in [0.717, 1.165) is 31.6 Å². The zero-order valence-corrected chi connectivity index (χ0v) is 13.6. The third-order valence-corrected chi connectivity index (χ3v) is 5.04. The Morgan fingerprint density at radius 1 is 1.09 bits per heavy atom. The molecule has 120 valence electrons. The molecule has 1 saturated carbocycles. The molecular formula is C18H27N3O. The number of para-hydroxylation sites is 2. The van der Waals surface area contributed by atoms with Crippen molar-refractivity contribution in [3.8, 4) is 0 Å². The predicted molar refractivity (Wildman–Crippen MR) is 91.5 cm³/mol. The Kier molecular flexibility index (Phi) is 4.86. The normalized spacial score (nSPS) is 19.2.